The molecule has 4 aromatic heterocycles. The maximum atomic E-state index is 5.04. The summed E-state index contributed by atoms with van der Waals surface area (Å²) in [6.07, 6.45) is 3.99. The van der Waals surface area contributed by atoms with E-state index in [1.165, 1.54) is 5.39 Å². The number of nitrogens with zero attached hydrogens (tertiary/aromatic N) is 4. The quantitative estimate of drug-likeness (QED) is 0.252. The van der Waals surface area contributed by atoms with Gasteiger partial charge in [0, 0.05) is 39.8 Å². The van der Waals surface area contributed by atoms with Crippen molar-refractivity contribution in [1.29, 1.82) is 0 Å². The van der Waals surface area contributed by atoms with E-state index in [4.69, 9.17) is 9.97 Å². The van der Waals surface area contributed by atoms with Gasteiger partial charge in [-0.05, 0) is 42.0 Å². The third-order valence-corrected chi connectivity index (χ3v) is 7.41. The summed E-state index contributed by atoms with van der Waals surface area (Å²) in [5.41, 5.74) is 8.78. The Hall–Kier alpha value is -5.22. The second-order valence-corrected chi connectivity index (χ2v) is 9.53. The molecule has 0 saturated carbocycles. The lowest BCUT2D eigenvalue weighted by molar-refractivity contribution is 1.07. The largest absolute Gasteiger partial charge is 0.307 e. The van der Waals surface area contributed by atoms with Crippen LogP contribution in [-0.4, -0.2) is 19.1 Å². The summed E-state index contributed by atoms with van der Waals surface area (Å²) in [6.45, 7) is 0. The lowest BCUT2D eigenvalue weighted by Crippen LogP contribution is -2.00. The van der Waals surface area contributed by atoms with Crippen LogP contribution in [0.5, 0.6) is 0 Å². The fourth-order valence-electron chi connectivity index (χ4n) is 5.73. The van der Waals surface area contributed by atoms with Gasteiger partial charge in [-0.3, -0.25) is 9.55 Å². The van der Waals surface area contributed by atoms with Crippen LogP contribution >= 0.6 is 0 Å². The van der Waals surface area contributed by atoms with Gasteiger partial charge in [0.25, 0.3) is 0 Å². The molecule has 0 amide bonds. The van der Waals surface area contributed by atoms with Crippen molar-refractivity contribution in [2.75, 3.05) is 0 Å². The number of aromatic nitrogens is 4. The smallest absolute Gasteiger partial charge is 0.137 e. The van der Waals surface area contributed by atoms with Crippen molar-refractivity contribution < 1.29 is 0 Å². The molecular formula is C34H22N4. The monoisotopic (exact) mass is 486 g/mol. The molecule has 0 saturated heterocycles. The van der Waals surface area contributed by atoms with Crippen molar-refractivity contribution >= 4 is 43.7 Å². The van der Waals surface area contributed by atoms with Crippen molar-refractivity contribution in [3.8, 4) is 22.6 Å². The maximum absolute atomic E-state index is 5.04. The molecule has 8 rings (SSSR count). The van der Waals surface area contributed by atoms with E-state index in [9.17, 15) is 0 Å². The molecule has 0 N–H and O–H groups in total. The van der Waals surface area contributed by atoms with E-state index in [0.717, 1.165) is 61.0 Å². The lowest BCUT2D eigenvalue weighted by atomic mass is 10.1. The molecule has 0 fully saturated rings. The van der Waals surface area contributed by atoms with E-state index >= 15 is 0 Å². The summed E-state index contributed by atoms with van der Waals surface area (Å²) in [6, 6.07) is 42.3. The van der Waals surface area contributed by atoms with Gasteiger partial charge in [-0.2, -0.15) is 0 Å². The highest BCUT2D eigenvalue weighted by molar-refractivity contribution is 6.22. The Bertz CT molecular complexity index is 2100. The summed E-state index contributed by atoms with van der Waals surface area (Å²) >= 11 is 0. The molecule has 8 aromatic rings. The van der Waals surface area contributed by atoms with Crippen LogP contribution in [0.1, 0.15) is 0 Å². The zero-order chi connectivity index (χ0) is 25.1. The minimum absolute atomic E-state index is 0.870. The van der Waals surface area contributed by atoms with Gasteiger partial charge in [-0.15, -0.1) is 0 Å². The molecule has 4 heterocycles. The molecule has 178 valence electrons. The molecule has 0 aliphatic heterocycles. The van der Waals surface area contributed by atoms with Crippen LogP contribution in [0.3, 0.4) is 0 Å². The fraction of sp³-hybridized carbons (Fsp3) is 0. The number of rotatable bonds is 3. The van der Waals surface area contributed by atoms with Gasteiger partial charge in [0.2, 0.25) is 0 Å². The standard InChI is InChI=1S/C34H22N4/c1-3-11-23(12-4-1)24-19-20-31(35-21-24)38-30-18-10-8-16-27(30)32-34(38)33-28(22-36-32)26-15-7-9-17-29(26)37(33)25-13-5-2-6-14-25/h1-22H. The first-order chi connectivity index (χ1) is 18.9. The van der Waals surface area contributed by atoms with Crippen LogP contribution in [0.4, 0.5) is 0 Å². The predicted octanol–water partition coefficient (Wildman–Crippen LogP) is 8.34. The summed E-state index contributed by atoms with van der Waals surface area (Å²) in [5, 5.41) is 3.43. The van der Waals surface area contributed by atoms with E-state index in [0.29, 0.717) is 0 Å². The van der Waals surface area contributed by atoms with Gasteiger partial charge in [0.1, 0.15) is 5.82 Å². The van der Waals surface area contributed by atoms with E-state index in [1.807, 2.05) is 18.5 Å². The molecule has 0 atom stereocenters. The summed E-state index contributed by atoms with van der Waals surface area (Å²) < 4.78 is 4.63. The first-order valence-electron chi connectivity index (χ1n) is 12.8. The fourth-order valence-corrected chi connectivity index (χ4v) is 5.73. The number of fused-ring (bicyclic) bond motifs is 7. The number of hydrogen-bond donors (Lipinski definition) is 0. The molecular weight excluding hydrogens is 464 g/mol. The molecule has 0 radical (unpaired) electrons. The highest BCUT2D eigenvalue weighted by atomic mass is 15.1. The molecule has 4 heteroatoms. The number of benzene rings is 4. The molecule has 38 heavy (non-hydrogen) atoms. The maximum Gasteiger partial charge on any atom is 0.137 e. The Kier molecular flexibility index (Phi) is 4.49. The molecule has 0 unspecified atom stereocenters. The number of hydrogen-bond acceptors (Lipinski definition) is 2. The van der Waals surface area contributed by atoms with Crippen LogP contribution in [-0.2, 0) is 0 Å². The minimum Gasteiger partial charge on any atom is -0.307 e. The second kappa shape index (κ2) is 8.15. The first kappa shape index (κ1) is 20.9. The second-order valence-electron chi connectivity index (χ2n) is 9.53. The zero-order valence-electron chi connectivity index (χ0n) is 20.5. The molecule has 0 bridgehead atoms. The van der Waals surface area contributed by atoms with Gasteiger partial charge < -0.3 is 4.57 Å². The Labute approximate surface area is 219 Å². The Morgan fingerprint density at radius 1 is 0.421 bits per heavy atom. The Morgan fingerprint density at radius 3 is 1.82 bits per heavy atom. The van der Waals surface area contributed by atoms with E-state index in [1.54, 1.807) is 0 Å². The average Bonchev–Trinajstić information content (AvgIpc) is 3.51. The molecule has 4 nitrogen and oxygen atoms in total. The van der Waals surface area contributed by atoms with Crippen molar-refractivity contribution in [2.24, 2.45) is 0 Å². The van der Waals surface area contributed by atoms with Crippen molar-refractivity contribution in [1.82, 2.24) is 19.1 Å². The third kappa shape index (κ3) is 2.98. The molecule has 4 aromatic carbocycles. The number of para-hydroxylation sites is 3. The molecule has 0 aliphatic rings. The van der Waals surface area contributed by atoms with E-state index in [2.05, 4.69) is 124 Å². The molecule has 0 spiro atoms. The van der Waals surface area contributed by atoms with Crippen LogP contribution < -0.4 is 0 Å². The van der Waals surface area contributed by atoms with Crippen LogP contribution in [0.25, 0.3) is 66.4 Å². The first-order valence-corrected chi connectivity index (χ1v) is 12.8. The normalized spacial score (nSPS) is 11.7. The predicted molar refractivity (Wildman–Crippen MR) is 156 cm³/mol. The van der Waals surface area contributed by atoms with Crippen LogP contribution in [0.15, 0.2) is 134 Å². The van der Waals surface area contributed by atoms with Gasteiger partial charge in [-0.1, -0.05) is 84.9 Å². The van der Waals surface area contributed by atoms with Crippen molar-refractivity contribution in [3.63, 3.8) is 0 Å². The Balaban J connectivity index is 1.52. The minimum atomic E-state index is 0.870. The van der Waals surface area contributed by atoms with Gasteiger partial charge >= 0.3 is 0 Å². The van der Waals surface area contributed by atoms with Crippen molar-refractivity contribution in [2.45, 2.75) is 0 Å². The van der Waals surface area contributed by atoms with Gasteiger partial charge in [-0.25, -0.2) is 4.98 Å². The van der Waals surface area contributed by atoms with Crippen molar-refractivity contribution in [3.05, 3.63) is 134 Å². The SMILES string of the molecule is c1ccc(-c2ccc(-n3c4ccccc4c4ncc5c6ccccc6n(-c6ccccc6)c5c43)nc2)cc1. The number of pyridine rings is 2. The van der Waals surface area contributed by atoms with Crippen LogP contribution in [0.2, 0.25) is 0 Å². The lowest BCUT2D eigenvalue weighted by Gasteiger charge is -2.12. The van der Waals surface area contributed by atoms with E-state index in [-0.39, 0.29) is 0 Å². The Morgan fingerprint density at radius 2 is 1.08 bits per heavy atom. The van der Waals surface area contributed by atoms with Gasteiger partial charge in [0.15, 0.2) is 0 Å². The summed E-state index contributed by atoms with van der Waals surface area (Å²) in [4.78, 5) is 10.0. The van der Waals surface area contributed by atoms with Crippen LogP contribution in [0, 0.1) is 0 Å². The zero-order valence-corrected chi connectivity index (χ0v) is 20.5. The third-order valence-electron chi connectivity index (χ3n) is 7.41. The highest BCUT2D eigenvalue weighted by Crippen LogP contribution is 2.40. The topological polar surface area (TPSA) is 35.6 Å². The highest BCUT2D eigenvalue weighted by Gasteiger charge is 2.22. The molecule has 0 aliphatic carbocycles. The summed E-state index contributed by atoms with van der Waals surface area (Å²) in [7, 11) is 0. The summed E-state index contributed by atoms with van der Waals surface area (Å²) in [5.74, 6) is 0.870. The average molecular weight is 487 g/mol. The van der Waals surface area contributed by atoms with Gasteiger partial charge in [0.05, 0.1) is 27.6 Å². The van der Waals surface area contributed by atoms with E-state index < -0.39 is 0 Å².